The monoisotopic (exact) mass is 314 g/mol. The lowest BCUT2D eigenvalue weighted by molar-refractivity contribution is -0.140. The van der Waals surface area contributed by atoms with E-state index in [-0.39, 0.29) is 17.0 Å². The zero-order chi connectivity index (χ0) is 14.9. The fraction of sp³-hybridized carbons (Fsp3) is 0.462. The van der Waals surface area contributed by atoms with Gasteiger partial charge in [-0.15, -0.1) is 11.8 Å². The number of hydrogen-bond acceptors (Lipinski definition) is 4. The molecule has 1 amide bonds. The molecule has 1 aliphatic rings. The van der Waals surface area contributed by atoms with Gasteiger partial charge in [-0.05, 0) is 18.1 Å². The number of amides is 1. The standard InChI is InChI=1S/C13H15ClN2O3S/c1-7(2)9-3-8(4-11(14)15-9)12(17)16-6-20-5-10(16)13(18)19/h3-4,7,10H,5-6H2,1-2H3,(H,18,19)/t10-/m0/s1. The number of aromatic nitrogens is 1. The molecule has 1 aliphatic heterocycles. The van der Waals surface area contributed by atoms with Crippen LogP contribution in [0.1, 0.15) is 35.8 Å². The van der Waals surface area contributed by atoms with E-state index in [0.29, 0.717) is 17.2 Å². The number of hydrogen-bond donors (Lipinski definition) is 1. The molecule has 1 atom stereocenters. The lowest BCUT2D eigenvalue weighted by Gasteiger charge is -2.21. The minimum atomic E-state index is -0.979. The summed E-state index contributed by atoms with van der Waals surface area (Å²) in [4.78, 5) is 29.1. The van der Waals surface area contributed by atoms with Gasteiger partial charge in [-0.1, -0.05) is 25.4 Å². The number of rotatable bonds is 3. The van der Waals surface area contributed by atoms with E-state index in [0.717, 1.165) is 5.69 Å². The van der Waals surface area contributed by atoms with Crippen LogP contribution in [0.3, 0.4) is 0 Å². The van der Waals surface area contributed by atoms with Crippen molar-refractivity contribution in [1.29, 1.82) is 0 Å². The van der Waals surface area contributed by atoms with E-state index in [4.69, 9.17) is 16.7 Å². The fourth-order valence-electron chi connectivity index (χ4n) is 1.95. The van der Waals surface area contributed by atoms with E-state index in [9.17, 15) is 9.59 Å². The molecule has 2 heterocycles. The summed E-state index contributed by atoms with van der Waals surface area (Å²) in [5.41, 5.74) is 1.11. The zero-order valence-corrected chi connectivity index (χ0v) is 12.7. The second-order valence-electron chi connectivity index (χ2n) is 4.89. The first-order valence-corrected chi connectivity index (χ1v) is 7.72. The van der Waals surface area contributed by atoms with Crippen LogP contribution < -0.4 is 0 Å². The van der Waals surface area contributed by atoms with Crippen molar-refractivity contribution in [2.75, 3.05) is 11.6 Å². The van der Waals surface area contributed by atoms with Gasteiger partial charge < -0.3 is 10.0 Å². The Morgan fingerprint density at radius 2 is 2.20 bits per heavy atom. The van der Waals surface area contributed by atoms with Crippen LogP contribution in [0.25, 0.3) is 0 Å². The van der Waals surface area contributed by atoms with Gasteiger partial charge in [-0.3, -0.25) is 4.79 Å². The number of carboxylic acids is 1. The predicted octanol–water partition coefficient (Wildman–Crippen LogP) is 2.46. The number of carboxylic acid groups (broad SMARTS) is 1. The van der Waals surface area contributed by atoms with E-state index in [2.05, 4.69) is 4.98 Å². The molecule has 2 rings (SSSR count). The van der Waals surface area contributed by atoms with Gasteiger partial charge in [0, 0.05) is 17.0 Å². The topological polar surface area (TPSA) is 70.5 Å². The molecular weight excluding hydrogens is 300 g/mol. The summed E-state index contributed by atoms with van der Waals surface area (Å²) in [5.74, 6) is -0.353. The van der Waals surface area contributed by atoms with Crippen molar-refractivity contribution in [3.8, 4) is 0 Å². The average Bonchev–Trinajstić information content (AvgIpc) is 2.86. The summed E-state index contributed by atoms with van der Waals surface area (Å²) in [6.45, 7) is 3.91. The molecule has 1 aromatic rings. The maximum atomic E-state index is 12.5. The molecule has 108 valence electrons. The summed E-state index contributed by atoms with van der Waals surface area (Å²) in [6, 6.07) is 2.39. The summed E-state index contributed by atoms with van der Waals surface area (Å²) in [7, 11) is 0. The lowest BCUT2D eigenvalue weighted by atomic mass is 10.1. The number of nitrogens with zero attached hydrogens (tertiary/aromatic N) is 2. The molecule has 7 heteroatoms. The van der Waals surface area contributed by atoms with Crippen LogP contribution in [0.5, 0.6) is 0 Å². The molecule has 0 bridgehead atoms. The summed E-state index contributed by atoms with van der Waals surface area (Å²) >= 11 is 7.37. The molecule has 1 aromatic heterocycles. The molecule has 0 spiro atoms. The largest absolute Gasteiger partial charge is 0.480 e. The normalized spacial score (nSPS) is 18.6. The number of carbonyl (C=O) groups excluding carboxylic acids is 1. The molecular formula is C13H15ClN2O3S. The minimum absolute atomic E-state index is 0.142. The van der Waals surface area contributed by atoms with E-state index in [1.165, 1.54) is 22.7 Å². The van der Waals surface area contributed by atoms with Crippen LogP contribution >= 0.6 is 23.4 Å². The summed E-state index contributed by atoms with van der Waals surface area (Å²) < 4.78 is 0. The first kappa shape index (κ1) is 15.1. The van der Waals surface area contributed by atoms with Crippen molar-refractivity contribution in [2.24, 2.45) is 0 Å². The second kappa shape index (κ2) is 6.01. The highest BCUT2D eigenvalue weighted by atomic mass is 35.5. The van der Waals surface area contributed by atoms with E-state index < -0.39 is 12.0 Å². The third-order valence-corrected chi connectivity index (χ3v) is 4.29. The van der Waals surface area contributed by atoms with Gasteiger partial charge in [-0.2, -0.15) is 0 Å². The van der Waals surface area contributed by atoms with Crippen molar-refractivity contribution >= 4 is 35.2 Å². The maximum absolute atomic E-state index is 12.5. The Hall–Kier alpha value is -1.27. The van der Waals surface area contributed by atoms with Crippen LogP contribution in [0, 0.1) is 0 Å². The van der Waals surface area contributed by atoms with E-state index in [1.807, 2.05) is 13.8 Å². The van der Waals surface area contributed by atoms with Crippen molar-refractivity contribution in [2.45, 2.75) is 25.8 Å². The third-order valence-electron chi connectivity index (χ3n) is 3.08. The SMILES string of the molecule is CC(C)c1cc(C(=O)N2CSC[C@H]2C(=O)O)cc(Cl)n1. The quantitative estimate of drug-likeness (QED) is 0.868. The number of aliphatic carboxylic acids is 1. The minimum Gasteiger partial charge on any atom is -0.480 e. The highest BCUT2D eigenvalue weighted by Crippen LogP contribution is 2.25. The van der Waals surface area contributed by atoms with Crippen LogP contribution in [-0.4, -0.2) is 44.5 Å². The highest BCUT2D eigenvalue weighted by molar-refractivity contribution is 7.99. The molecule has 5 nitrogen and oxygen atoms in total. The predicted molar refractivity (Wildman–Crippen MR) is 78.3 cm³/mol. The number of carbonyl (C=O) groups is 2. The third kappa shape index (κ3) is 3.07. The lowest BCUT2D eigenvalue weighted by Crippen LogP contribution is -2.41. The molecule has 1 N–H and O–H groups in total. The van der Waals surface area contributed by atoms with Gasteiger partial charge in [0.05, 0.1) is 5.88 Å². The molecule has 20 heavy (non-hydrogen) atoms. The van der Waals surface area contributed by atoms with Crippen molar-refractivity contribution in [3.05, 3.63) is 28.5 Å². The Morgan fingerprint density at radius 1 is 1.50 bits per heavy atom. The molecule has 1 saturated heterocycles. The van der Waals surface area contributed by atoms with Crippen LogP contribution in [0.2, 0.25) is 5.15 Å². The van der Waals surface area contributed by atoms with Gasteiger partial charge in [-0.25, -0.2) is 9.78 Å². The average molecular weight is 315 g/mol. The summed E-state index contributed by atoms with van der Waals surface area (Å²) in [6.07, 6.45) is 0. The van der Waals surface area contributed by atoms with Crippen molar-refractivity contribution in [3.63, 3.8) is 0 Å². The first-order chi connectivity index (χ1) is 9.40. The molecule has 1 fully saturated rings. The van der Waals surface area contributed by atoms with Gasteiger partial charge in [0.1, 0.15) is 11.2 Å². The van der Waals surface area contributed by atoms with Crippen LogP contribution in [0.4, 0.5) is 0 Å². The van der Waals surface area contributed by atoms with Gasteiger partial charge in [0.2, 0.25) is 0 Å². The second-order valence-corrected chi connectivity index (χ2v) is 6.27. The Labute approximate surface area is 126 Å². The molecule has 0 radical (unpaired) electrons. The van der Waals surface area contributed by atoms with Gasteiger partial charge in [0.25, 0.3) is 5.91 Å². The number of halogens is 1. The maximum Gasteiger partial charge on any atom is 0.327 e. The van der Waals surface area contributed by atoms with Crippen molar-refractivity contribution in [1.82, 2.24) is 9.88 Å². The molecule has 0 aliphatic carbocycles. The molecule has 0 unspecified atom stereocenters. The number of pyridine rings is 1. The molecule has 0 saturated carbocycles. The smallest absolute Gasteiger partial charge is 0.327 e. The highest BCUT2D eigenvalue weighted by Gasteiger charge is 2.35. The first-order valence-electron chi connectivity index (χ1n) is 6.19. The zero-order valence-electron chi connectivity index (χ0n) is 11.2. The molecule has 0 aromatic carbocycles. The Balaban J connectivity index is 2.31. The van der Waals surface area contributed by atoms with Crippen LogP contribution in [0.15, 0.2) is 12.1 Å². The Bertz CT molecular complexity index is 550. The Kier molecular flexibility index (Phi) is 4.55. The van der Waals surface area contributed by atoms with Gasteiger partial charge in [0.15, 0.2) is 0 Å². The van der Waals surface area contributed by atoms with Crippen molar-refractivity contribution < 1.29 is 14.7 Å². The van der Waals surface area contributed by atoms with E-state index >= 15 is 0 Å². The van der Waals surface area contributed by atoms with Crippen LogP contribution in [-0.2, 0) is 4.79 Å². The van der Waals surface area contributed by atoms with Gasteiger partial charge >= 0.3 is 5.97 Å². The summed E-state index contributed by atoms with van der Waals surface area (Å²) in [5, 5.41) is 9.38. The fourth-order valence-corrected chi connectivity index (χ4v) is 3.31. The van der Waals surface area contributed by atoms with E-state index in [1.54, 1.807) is 6.07 Å². The number of thioether (sulfide) groups is 1. The Morgan fingerprint density at radius 3 is 2.80 bits per heavy atom.